The first-order valence-electron chi connectivity index (χ1n) is 5.98. The van der Waals surface area contributed by atoms with Gasteiger partial charge in [-0.3, -0.25) is 9.89 Å². The normalized spacial score (nSPS) is 12.7. The number of nitriles is 1. The number of carbonyl (C=O) groups is 1. The second-order valence-corrected chi connectivity index (χ2v) is 5.32. The van der Waals surface area contributed by atoms with E-state index in [2.05, 4.69) is 20.5 Å². The van der Waals surface area contributed by atoms with Gasteiger partial charge in [0.2, 0.25) is 5.91 Å². The highest BCUT2D eigenvalue weighted by Gasteiger charge is 2.35. The molecule has 2 aromatic rings. The average Bonchev–Trinajstić information content (AvgIpc) is 3.02. The van der Waals surface area contributed by atoms with E-state index in [9.17, 15) is 18.0 Å². The Labute approximate surface area is 127 Å². The Hall–Kier alpha value is -2.41. The molecule has 0 aliphatic carbocycles. The first-order chi connectivity index (χ1) is 10.2. The molecule has 1 amide bonds. The van der Waals surface area contributed by atoms with Crippen LogP contribution in [0.4, 0.5) is 18.9 Å². The molecule has 2 aromatic heterocycles. The summed E-state index contributed by atoms with van der Waals surface area (Å²) in [5.74, 6) is -2.17. The predicted molar refractivity (Wildman–Crippen MR) is 72.2 cm³/mol. The van der Waals surface area contributed by atoms with Crippen molar-refractivity contribution in [2.24, 2.45) is 0 Å². The maximum atomic E-state index is 12.5. The fraction of sp³-hybridized carbons (Fsp3) is 0.333. The second kappa shape index (κ2) is 5.76. The van der Waals surface area contributed by atoms with Crippen molar-refractivity contribution in [2.45, 2.75) is 25.9 Å². The zero-order chi connectivity index (χ0) is 16.5. The van der Waals surface area contributed by atoms with Gasteiger partial charge in [0, 0.05) is 5.38 Å². The van der Waals surface area contributed by atoms with Gasteiger partial charge in [0.05, 0.1) is 23.1 Å². The molecule has 22 heavy (non-hydrogen) atoms. The van der Waals surface area contributed by atoms with Crippen LogP contribution in [0.5, 0.6) is 0 Å². The van der Waals surface area contributed by atoms with Gasteiger partial charge in [0.25, 0.3) is 0 Å². The number of amides is 1. The first kappa shape index (κ1) is 16.0. The van der Waals surface area contributed by atoms with Crippen LogP contribution in [0, 0.1) is 25.2 Å². The highest BCUT2D eigenvalue weighted by atomic mass is 32.1. The summed E-state index contributed by atoms with van der Waals surface area (Å²) in [6.07, 6.45) is -4.61. The van der Waals surface area contributed by atoms with Crippen LogP contribution in [-0.4, -0.2) is 21.1 Å². The Morgan fingerprint density at radius 2 is 2.18 bits per heavy atom. The molecule has 6 nitrogen and oxygen atoms in total. The van der Waals surface area contributed by atoms with E-state index >= 15 is 0 Å². The molecule has 1 atom stereocenters. The Kier molecular flexibility index (Phi) is 4.18. The van der Waals surface area contributed by atoms with Crippen molar-refractivity contribution in [2.75, 3.05) is 5.32 Å². The number of rotatable bonds is 3. The molecule has 0 bridgehead atoms. The molecular weight excluding hydrogens is 319 g/mol. The number of nitrogens with one attached hydrogen (secondary N) is 2. The minimum absolute atomic E-state index is 0.203. The van der Waals surface area contributed by atoms with Gasteiger partial charge in [-0.1, -0.05) is 0 Å². The molecule has 0 spiro atoms. The van der Waals surface area contributed by atoms with E-state index in [1.165, 1.54) is 0 Å². The molecule has 0 radical (unpaired) electrons. The number of anilines is 1. The molecule has 10 heteroatoms. The Morgan fingerprint density at radius 1 is 1.50 bits per heavy atom. The number of hydrogen-bond acceptors (Lipinski definition) is 5. The summed E-state index contributed by atoms with van der Waals surface area (Å²) >= 11 is 0.621. The smallest absolute Gasteiger partial charge is 0.321 e. The number of nitrogens with zero attached hydrogens (tertiary/aromatic N) is 3. The summed E-state index contributed by atoms with van der Waals surface area (Å²) < 4.78 is 37.6. The minimum atomic E-state index is -4.61. The molecule has 0 fully saturated rings. The lowest BCUT2D eigenvalue weighted by atomic mass is 10.1. The first-order valence-corrected chi connectivity index (χ1v) is 6.86. The number of aromatic amines is 1. The van der Waals surface area contributed by atoms with Crippen molar-refractivity contribution in [3.63, 3.8) is 0 Å². The fourth-order valence-electron chi connectivity index (χ4n) is 1.71. The number of aromatic nitrogens is 3. The van der Waals surface area contributed by atoms with Gasteiger partial charge in [0.1, 0.15) is 5.01 Å². The van der Waals surface area contributed by atoms with Gasteiger partial charge in [0.15, 0.2) is 11.6 Å². The topological polar surface area (TPSA) is 94.5 Å². The van der Waals surface area contributed by atoms with Gasteiger partial charge < -0.3 is 5.32 Å². The number of aryl methyl sites for hydroxylation is 2. The van der Waals surface area contributed by atoms with Gasteiger partial charge in [-0.2, -0.15) is 23.5 Å². The monoisotopic (exact) mass is 329 g/mol. The van der Waals surface area contributed by atoms with Crippen LogP contribution in [0.3, 0.4) is 0 Å². The van der Waals surface area contributed by atoms with E-state index in [1.54, 1.807) is 19.9 Å². The number of alkyl halides is 3. The Balaban J connectivity index is 2.23. The highest BCUT2D eigenvalue weighted by Crippen LogP contribution is 2.32. The third-order valence-corrected chi connectivity index (χ3v) is 3.74. The lowest BCUT2D eigenvalue weighted by molar-refractivity contribution is -0.140. The molecule has 1 unspecified atom stereocenters. The SMILES string of the molecule is Cc1n[nH]c(C)c1NC(=O)C(C#N)c1nc(C(F)(F)F)cs1. The molecule has 0 aromatic carbocycles. The van der Waals surface area contributed by atoms with E-state index in [0.717, 1.165) is 5.38 Å². The van der Waals surface area contributed by atoms with E-state index in [0.29, 0.717) is 28.4 Å². The van der Waals surface area contributed by atoms with E-state index < -0.39 is 23.7 Å². The summed E-state index contributed by atoms with van der Waals surface area (Å²) in [5, 5.41) is 18.7. The van der Waals surface area contributed by atoms with Crippen LogP contribution >= 0.6 is 11.3 Å². The summed E-state index contributed by atoms with van der Waals surface area (Å²) in [6.45, 7) is 3.31. The Bertz CT molecular complexity index is 723. The van der Waals surface area contributed by atoms with Crippen LogP contribution in [0.2, 0.25) is 0 Å². The van der Waals surface area contributed by atoms with Crippen molar-refractivity contribution in [1.29, 1.82) is 5.26 Å². The van der Waals surface area contributed by atoms with Crippen LogP contribution in [0.25, 0.3) is 0 Å². The Morgan fingerprint density at radius 3 is 2.64 bits per heavy atom. The van der Waals surface area contributed by atoms with Gasteiger partial charge in [-0.25, -0.2) is 4.98 Å². The van der Waals surface area contributed by atoms with E-state index in [1.807, 2.05) is 0 Å². The standard InChI is InChI=1S/C12H10F3N5OS/c1-5-9(6(2)20-19-5)18-10(21)7(3-16)11-17-8(4-22-11)12(13,14)15/h4,7H,1-2H3,(H,18,21)(H,19,20). The summed E-state index contributed by atoms with van der Waals surface area (Å²) in [5.41, 5.74) is 0.379. The quantitative estimate of drug-likeness (QED) is 0.905. The molecule has 2 heterocycles. The molecular formula is C12H10F3N5OS. The molecule has 0 aliphatic heterocycles. The largest absolute Gasteiger partial charge is 0.434 e. The van der Waals surface area contributed by atoms with Crippen LogP contribution in [0.1, 0.15) is 28.0 Å². The van der Waals surface area contributed by atoms with Crippen molar-refractivity contribution in [1.82, 2.24) is 15.2 Å². The van der Waals surface area contributed by atoms with Crippen LogP contribution < -0.4 is 5.32 Å². The molecule has 0 aliphatic rings. The van der Waals surface area contributed by atoms with Gasteiger partial charge in [-0.05, 0) is 13.8 Å². The lowest BCUT2D eigenvalue weighted by Crippen LogP contribution is -2.21. The summed E-state index contributed by atoms with van der Waals surface area (Å²) in [6, 6.07) is 1.67. The molecule has 116 valence electrons. The van der Waals surface area contributed by atoms with Crippen molar-refractivity contribution >= 4 is 22.9 Å². The average molecular weight is 329 g/mol. The van der Waals surface area contributed by atoms with Crippen LogP contribution in [-0.2, 0) is 11.0 Å². The molecule has 0 saturated heterocycles. The molecule has 2 rings (SSSR count). The summed E-state index contributed by atoms with van der Waals surface area (Å²) in [7, 11) is 0. The predicted octanol–water partition coefficient (Wildman–Crippen LogP) is 2.75. The van der Waals surface area contributed by atoms with Crippen LogP contribution in [0.15, 0.2) is 5.38 Å². The maximum Gasteiger partial charge on any atom is 0.434 e. The number of hydrogen-bond donors (Lipinski definition) is 2. The third kappa shape index (κ3) is 3.09. The van der Waals surface area contributed by atoms with Gasteiger partial charge in [-0.15, -0.1) is 11.3 Å². The number of thiazole rings is 1. The van der Waals surface area contributed by atoms with Crippen molar-refractivity contribution in [3.05, 3.63) is 27.5 Å². The minimum Gasteiger partial charge on any atom is -0.321 e. The zero-order valence-electron chi connectivity index (χ0n) is 11.4. The maximum absolute atomic E-state index is 12.5. The van der Waals surface area contributed by atoms with E-state index in [4.69, 9.17) is 5.26 Å². The number of halogens is 3. The van der Waals surface area contributed by atoms with E-state index in [-0.39, 0.29) is 5.01 Å². The van der Waals surface area contributed by atoms with Gasteiger partial charge >= 0.3 is 6.18 Å². The van der Waals surface area contributed by atoms with Crippen molar-refractivity contribution in [3.8, 4) is 6.07 Å². The highest BCUT2D eigenvalue weighted by molar-refractivity contribution is 7.10. The third-order valence-electron chi connectivity index (χ3n) is 2.83. The lowest BCUT2D eigenvalue weighted by Gasteiger charge is -2.08. The molecule has 2 N–H and O–H groups in total. The number of H-pyrrole nitrogens is 1. The second-order valence-electron chi connectivity index (χ2n) is 4.43. The molecule has 0 saturated carbocycles. The fourth-order valence-corrected chi connectivity index (χ4v) is 2.57. The summed E-state index contributed by atoms with van der Waals surface area (Å²) in [4.78, 5) is 15.5. The number of carbonyl (C=O) groups excluding carboxylic acids is 1. The zero-order valence-corrected chi connectivity index (χ0v) is 12.3. The van der Waals surface area contributed by atoms with Crippen molar-refractivity contribution < 1.29 is 18.0 Å².